The molecule has 5 heteroatoms. The van der Waals surface area contributed by atoms with Crippen LogP contribution in [0.3, 0.4) is 0 Å². The predicted octanol–water partition coefficient (Wildman–Crippen LogP) is 6.79. The van der Waals surface area contributed by atoms with Gasteiger partial charge in [-0.3, -0.25) is 4.79 Å². The molecule has 1 aliphatic carbocycles. The third-order valence-corrected chi connectivity index (χ3v) is 8.26. The van der Waals surface area contributed by atoms with Crippen molar-refractivity contribution in [2.24, 2.45) is 5.41 Å². The van der Waals surface area contributed by atoms with Crippen LogP contribution in [0, 0.1) is 11.2 Å². The van der Waals surface area contributed by atoms with Gasteiger partial charge in [0.1, 0.15) is 6.10 Å². The Morgan fingerprint density at radius 3 is 2.69 bits per heavy atom. The molecule has 4 nitrogen and oxygen atoms in total. The number of nitrogens with zero attached hydrogens (tertiary/aromatic N) is 2. The lowest BCUT2D eigenvalue weighted by molar-refractivity contribution is 0.0960. The Labute approximate surface area is 215 Å². The second kappa shape index (κ2) is 11.2. The number of piperidine rings is 1. The highest BCUT2D eigenvalue weighted by atomic mass is 19.1. The van der Waals surface area contributed by atoms with Gasteiger partial charge in [0.15, 0.2) is 11.6 Å². The van der Waals surface area contributed by atoms with Crippen LogP contribution < -0.4 is 9.64 Å². The molecule has 0 radical (unpaired) electrons. The van der Waals surface area contributed by atoms with E-state index in [4.69, 9.17) is 4.74 Å². The van der Waals surface area contributed by atoms with Crippen LogP contribution in [-0.4, -0.2) is 43.1 Å². The third kappa shape index (κ3) is 5.51. The molecular weight excluding hydrogens is 451 g/mol. The van der Waals surface area contributed by atoms with Crippen LogP contribution in [-0.2, 0) is 6.42 Å². The van der Waals surface area contributed by atoms with E-state index in [0.29, 0.717) is 12.1 Å². The standard InChI is InChI=1S/C31H39FN2O2/c1-2-3-18-33-19-13-26(14-20-33)36-29-12-11-24(22-27(29)32)30(35)34-21-17-31(15-7-4-8-16-31)23-25-9-5-6-10-28(25)34/h5-7,9-12,15,22,26H,2-4,8,13-14,16-21,23H2,1H3. The number of halogens is 1. The molecule has 1 unspecified atom stereocenters. The second-order valence-electron chi connectivity index (χ2n) is 10.8. The lowest BCUT2D eigenvalue weighted by Gasteiger charge is -2.32. The molecule has 0 N–H and O–H groups in total. The van der Waals surface area contributed by atoms with E-state index in [1.807, 2.05) is 23.1 Å². The minimum Gasteiger partial charge on any atom is -0.487 e. The van der Waals surface area contributed by atoms with E-state index in [-0.39, 0.29) is 23.2 Å². The average Bonchev–Trinajstić information content (AvgIpc) is 3.06. The van der Waals surface area contributed by atoms with Crippen molar-refractivity contribution in [1.82, 2.24) is 4.90 Å². The van der Waals surface area contributed by atoms with E-state index in [1.54, 1.807) is 12.1 Å². The number of fused-ring (bicyclic) bond motifs is 1. The number of hydrogen-bond donors (Lipinski definition) is 0. The minimum absolute atomic E-state index is 0.0242. The van der Waals surface area contributed by atoms with E-state index in [1.165, 1.54) is 30.9 Å². The summed E-state index contributed by atoms with van der Waals surface area (Å²) in [6, 6.07) is 12.9. The molecule has 36 heavy (non-hydrogen) atoms. The topological polar surface area (TPSA) is 32.8 Å². The van der Waals surface area contributed by atoms with Crippen LogP contribution in [0.15, 0.2) is 54.6 Å². The van der Waals surface area contributed by atoms with Crippen LogP contribution in [0.2, 0.25) is 0 Å². The predicted molar refractivity (Wildman–Crippen MR) is 143 cm³/mol. The number of rotatable bonds is 6. The number of likely N-dealkylation sites (tertiary alicyclic amines) is 1. The fourth-order valence-electron chi connectivity index (χ4n) is 6.10. The van der Waals surface area contributed by atoms with Crippen molar-refractivity contribution in [2.45, 2.75) is 70.8 Å². The Kier molecular flexibility index (Phi) is 7.76. The first-order valence-electron chi connectivity index (χ1n) is 13.8. The number of carbonyl (C=O) groups is 1. The molecule has 2 aliphatic heterocycles. The van der Waals surface area contributed by atoms with Gasteiger partial charge in [0.25, 0.3) is 5.91 Å². The van der Waals surface area contributed by atoms with Crippen LogP contribution in [0.25, 0.3) is 0 Å². The highest BCUT2D eigenvalue weighted by Gasteiger charge is 2.35. The number of para-hydroxylation sites is 1. The van der Waals surface area contributed by atoms with Crippen molar-refractivity contribution in [3.8, 4) is 5.75 Å². The van der Waals surface area contributed by atoms with Gasteiger partial charge in [-0.25, -0.2) is 4.39 Å². The zero-order valence-corrected chi connectivity index (χ0v) is 21.6. The summed E-state index contributed by atoms with van der Waals surface area (Å²) in [7, 11) is 0. The fourth-order valence-corrected chi connectivity index (χ4v) is 6.10. The van der Waals surface area contributed by atoms with Crippen LogP contribution in [0.5, 0.6) is 5.75 Å². The molecule has 0 aromatic heterocycles. The number of unbranched alkanes of at least 4 members (excludes halogenated alkanes) is 1. The van der Waals surface area contributed by atoms with Gasteiger partial charge in [-0.15, -0.1) is 0 Å². The van der Waals surface area contributed by atoms with Gasteiger partial charge in [-0.1, -0.05) is 43.7 Å². The van der Waals surface area contributed by atoms with Crippen LogP contribution >= 0.6 is 0 Å². The normalized spacial score (nSPS) is 22.9. The van der Waals surface area contributed by atoms with Gasteiger partial charge in [-0.2, -0.15) is 0 Å². The van der Waals surface area contributed by atoms with Gasteiger partial charge in [0.2, 0.25) is 0 Å². The summed E-state index contributed by atoms with van der Waals surface area (Å²) in [5.74, 6) is -0.348. The molecule has 1 spiro atoms. The van der Waals surface area contributed by atoms with Gasteiger partial charge < -0.3 is 14.5 Å². The summed E-state index contributed by atoms with van der Waals surface area (Å²) < 4.78 is 21.2. The molecule has 5 rings (SSSR count). The van der Waals surface area contributed by atoms with E-state index in [2.05, 4.69) is 30.0 Å². The van der Waals surface area contributed by atoms with Crippen molar-refractivity contribution in [3.63, 3.8) is 0 Å². The zero-order valence-electron chi connectivity index (χ0n) is 21.6. The van der Waals surface area contributed by atoms with Crippen LogP contribution in [0.1, 0.15) is 74.2 Å². The largest absolute Gasteiger partial charge is 0.487 e. The summed E-state index contributed by atoms with van der Waals surface area (Å²) in [6.07, 6.45) is 14.3. The summed E-state index contributed by atoms with van der Waals surface area (Å²) >= 11 is 0. The first-order valence-corrected chi connectivity index (χ1v) is 13.8. The highest BCUT2D eigenvalue weighted by Crippen LogP contribution is 2.43. The first kappa shape index (κ1) is 25.0. The van der Waals surface area contributed by atoms with E-state index >= 15 is 4.39 Å². The van der Waals surface area contributed by atoms with E-state index in [9.17, 15) is 4.79 Å². The lowest BCUT2D eigenvalue weighted by Crippen LogP contribution is -2.38. The average molecular weight is 491 g/mol. The Hall–Kier alpha value is -2.66. The second-order valence-corrected chi connectivity index (χ2v) is 10.8. The Bertz CT molecular complexity index is 1090. The number of carbonyl (C=O) groups excluding carboxylic acids is 1. The number of benzene rings is 2. The fraction of sp³-hybridized carbons (Fsp3) is 0.516. The Morgan fingerprint density at radius 1 is 1.11 bits per heavy atom. The number of anilines is 1. The summed E-state index contributed by atoms with van der Waals surface area (Å²) in [5.41, 5.74) is 2.63. The molecule has 2 heterocycles. The molecule has 3 aliphatic rings. The highest BCUT2D eigenvalue weighted by molar-refractivity contribution is 6.06. The number of hydrogen-bond acceptors (Lipinski definition) is 3. The summed E-state index contributed by atoms with van der Waals surface area (Å²) in [4.78, 5) is 18.0. The first-order chi connectivity index (χ1) is 17.6. The van der Waals surface area contributed by atoms with Crippen molar-refractivity contribution in [3.05, 3.63) is 71.6 Å². The number of ether oxygens (including phenoxy) is 1. The quantitative estimate of drug-likeness (QED) is 0.418. The van der Waals surface area contributed by atoms with Crippen molar-refractivity contribution in [2.75, 3.05) is 31.1 Å². The van der Waals surface area contributed by atoms with Gasteiger partial charge in [0, 0.05) is 30.9 Å². The minimum atomic E-state index is -0.455. The molecule has 0 saturated carbocycles. The molecule has 0 bridgehead atoms. The smallest absolute Gasteiger partial charge is 0.258 e. The molecule has 1 fully saturated rings. The Morgan fingerprint density at radius 2 is 1.94 bits per heavy atom. The van der Waals surface area contributed by atoms with Crippen molar-refractivity contribution < 1.29 is 13.9 Å². The molecule has 1 atom stereocenters. The van der Waals surface area contributed by atoms with Crippen molar-refractivity contribution >= 4 is 11.6 Å². The van der Waals surface area contributed by atoms with E-state index < -0.39 is 5.82 Å². The molecule has 2 aromatic rings. The maximum atomic E-state index is 15.1. The molecule has 2 aromatic carbocycles. The summed E-state index contributed by atoms with van der Waals surface area (Å²) in [5, 5.41) is 0. The zero-order chi connectivity index (χ0) is 25.0. The van der Waals surface area contributed by atoms with E-state index in [0.717, 1.165) is 63.8 Å². The maximum absolute atomic E-state index is 15.1. The number of allylic oxidation sites excluding steroid dienone is 2. The molecule has 1 amide bonds. The molecule has 192 valence electrons. The third-order valence-electron chi connectivity index (χ3n) is 8.26. The van der Waals surface area contributed by atoms with Gasteiger partial charge in [0.05, 0.1) is 0 Å². The Balaban J connectivity index is 1.29. The van der Waals surface area contributed by atoms with Crippen LogP contribution in [0.4, 0.5) is 10.1 Å². The number of amides is 1. The van der Waals surface area contributed by atoms with Crippen molar-refractivity contribution in [1.29, 1.82) is 0 Å². The SMILES string of the molecule is CCCCN1CCC(Oc2ccc(C(=O)N3CCC4(C=CCCC4)Cc4ccccc43)cc2F)CC1. The lowest BCUT2D eigenvalue weighted by atomic mass is 9.72. The monoisotopic (exact) mass is 490 g/mol. The maximum Gasteiger partial charge on any atom is 0.258 e. The summed E-state index contributed by atoms with van der Waals surface area (Å²) in [6.45, 7) is 5.97. The molecule has 1 saturated heterocycles. The molecular formula is C31H39FN2O2. The van der Waals surface area contributed by atoms with Gasteiger partial charge >= 0.3 is 0 Å². The van der Waals surface area contributed by atoms with Gasteiger partial charge in [-0.05, 0) is 93.2 Å².